The largest absolute Gasteiger partial charge is 0.382 e. The number of aliphatic hydroxyl groups is 1. The maximum absolute atomic E-state index is 11.9. The number of nitrogens with one attached hydrogen (secondary N) is 2. The van der Waals surface area contributed by atoms with Crippen LogP contribution < -0.4 is 16.6 Å². The van der Waals surface area contributed by atoms with Gasteiger partial charge in [0.2, 0.25) is 0 Å². The van der Waals surface area contributed by atoms with Gasteiger partial charge in [-0.25, -0.2) is 5.43 Å². The SMILES string of the molecule is N[C@H](CC1CCCCC1)C(O)C(=O)NNCCc1ccccc1. The van der Waals surface area contributed by atoms with Crippen LogP contribution in [0.4, 0.5) is 0 Å². The first-order valence-electron chi connectivity index (χ1n) is 8.67. The molecule has 1 amide bonds. The van der Waals surface area contributed by atoms with Crippen LogP contribution in [0.25, 0.3) is 0 Å². The molecule has 0 saturated heterocycles. The molecule has 1 aliphatic carbocycles. The van der Waals surface area contributed by atoms with Gasteiger partial charge in [0, 0.05) is 12.6 Å². The van der Waals surface area contributed by atoms with Crippen LogP contribution in [-0.2, 0) is 11.2 Å². The van der Waals surface area contributed by atoms with Crippen LogP contribution in [0, 0.1) is 5.92 Å². The molecule has 0 aromatic heterocycles. The Labute approximate surface area is 138 Å². The lowest BCUT2D eigenvalue weighted by molar-refractivity contribution is -0.131. The van der Waals surface area contributed by atoms with E-state index in [2.05, 4.69) is 10.9 Å². The number of carbonyl (C=O) groups excluding carboxylic acids is 1. The summed E-state index contributed by atoms with van der Waals surface area (Å²) in [5.41, 5.74) is 12.6. The molecule has 5 N–H and O–H groups in total. The van der Waals surface area contributed by atoms with Crippen LogP contribution >= 0.6 is 0 Å². The van der Waals surface area contributed by atoms with Crippen LogP contribution in [0.2, 0.25) is 0 Å². The molecule has 2 rings (SSSR count). The van der Waals surface area contributed by atoms with E-state index in [-0.39, 0.29) is 0 Å². The standard InChI is InChI=1S/C18H29N3O2/c19-16(13-15-9-5-2-6-10-15)17(22)18(23)21-20-12-11-14-7-3-1-4-8-14/h1,3-4,7-8,15-17,20,22H,2,5-6,9-13,19H2,(H,21,23)/t16-,17?/m1/s1. The zero-order valence-electron chi connectivity index (χ0n) is 13.7. The third kappa shape index (κ3) is 6.29. The zero-order chi connectivity index (χ0) is 16.5. The van der Waals surface area contributed by atoms with Gasteiger partial charge in [0.25, 0.3) is 5.91 Å². The summed E-state index contributed by atoms with van der Waals surface area (Å²) in [7, 11) is 0. The second-order valence-electron chi connectivity index (χ2n) is 6.50. The number of amides is 1. The Kier molecular flexibility index (Phi) is 7.52. The van der Waals surface area contributed by atoms with E-state index in [1.165, 1.54) is 24.8 Å². The minimum absolute atomic E-state index is 0.443. The normalized spacial score (nSPS) is 18.3. The first-order valence-corrected chi connectivity index (χ1v) is 8.67. The minimum atomic E-state index is -1.15. The highest BCUT2D eigenvalue weighted by atomic mass is 16.3. The molecule has 0 spiro atoms. The Morgan fingerprint density at radius 3 is 2.61 bits per heavy atom. The number of rotatable bonds is 8. The maximum Gasteiger partial charge on any atom is 0.264 e. The molecule has 1 aromatic carbocycles. The van der Waals surface area contributed by atoms with Gasteiger partial charge in [0.05, 0.1) is 0 Å². The van der Waals surface area contributed by atoms with Crippen LogP contribution in [0.15, 0.2) is 30.3 Å². The average molecular weight is 319 g/mol. The fourth-order valence-corrected chi connectivity index (χ4v) is 3.21. The van der Waals surface area contributed by atoms with Gasteiger partial charge in [0.1, 0.15) is 6.10 Å². The van der Waals surface area contributed by atoms with Crippen molar-refractivity contribution >= 4 is 5.91 Å². The van der Waals surface area contributed by atoms with Gasteiger partial charge < -0.3 is 10.8 Å². The third-order valence-electron chi connectivity index (χ3n) is 4.60. The summed E-state index contributed by atoms with van der Waals surface area (Å²) in [6.07, 6.45) is 6.47. The molecule has 128 valence electrons. The van der Waals surface area contributed by atoms with Crippen molar-refractivity contribution in [3.8, 4) is 0 Å². The molecule has 0 bridgehead atoms. The summed E-state index contributed by atoms with van der Waals surface area (Å²) in [4.78, 5) is 11.9. The first-order chi connectivity index (χ1) is 11.2. The minimum Gasteiger partial charge on any atom is -0.382 e. The number of benzene rings is 1. The molecule has 1 aliphatic rings. The lowest BCUT2D eigenvalue weighted by atomic mass is 9.84. The van der Waals surface area contributed by atoms with Gasteiger partial charge in [-0.2, -0.15) is 0 Å². The van der Waals surface area contributed by atoms with E-state index >= 15 is 0 Å². The summed E-state index contributed by atoms with van der Waals surface area (Å²) in [5, 5.41) is 10.1. The Bertz CT molecular complexity index is 461. The fourth-order valence-electron chi connectivity index (χ4n) is 3.21. The van der Waals surface area contributed by atoms with Crippen LogP contribution in [0.3, 0.4) is 0 Å². The molecule has 0 radical (unpaired) electrons. The van der Waals surface area contributed by atoms with Crippen molar-refractivity contribution in [3.05, 3.63) is 35.9 Å². The Hall–Kier alpha value is -1.43. The topological polar surface area (TPSA) is 87.4 Å². The average Bonchev–Trinajstić information content (AvgIpc) is 2.59. The van der Waals surface area contributed by atoms with E-state index in [1.807, 2.05) is 30.3 Å². The van der Waals surface area contributed by atoms with Gasteiger partial charge in [-0.05, 0) is 24.3 Å². The highest BCUT2D eigenvalue weighted by Crippen LogP contribution is 2.27. The van der Waals surface area contributed by atoms with Gasteiger partial charge in [-0.15, -0.1) is 0 Å². The third-order valence-corrected chi connectivity index (χ3v) is 4.60. The molecule has 0 heterocycles. The van der Waals surface area contributed by atoms with E-state index in [9.17, 15) is 9.90 Å². The zero-order valence-corrected chi connectivity index (χ0v) is 13.7. The highest BCUT2D eigenvalue weighted by Gasteiger charge is 2.26. The van der Waals surface area contributed by atoms with Crippen molar-refractivity contribution in [2.45, 2.75) is 57.1 Å². The van der Waals surface area contributed by atoms with Crippen molar-refractivity contribution < 1.29 is 9.90 Å². The summed E-state index contributed by atoms with van der Waals surface area (Å²) in [5.74, 6) is 0.105. The Balaban J connectivity index is 1.63. The summed E-state index contributed by atoms with van der Waals surface area (Å²) in [6.45, 7) is 0.611. The number of carbonyl (C=O) groups is 1. The van der Waals surface area contributed by atoms with Crippen molar-refractivity contribution in [2.75, 3.05) is 6.54 Å². The number of nitrogens with two attached hydrogens (primary N) is 1. The van der Waals surface area contributed by atoms with Crippen molar-refractivity contribution in [2.24, 2.45) is 11.7 Å². The quantitative estimate of drug-likeness (QED) is 0.432. The fraction of sp³-hybridized carbons (Fsp3) is 0.611. The van der Waals surface area contributed by atoms with Gasteiger partial charge in [-0.1, -0.05) is 62.4 Å². The van der Waals surface area contributed by atoms with E-state index in [1.54, 1.807) is 0 Å². The van der Waals surface area contributed by atoms with E-state index in [0.29, 0.717) is 12.5 Å². The maximum atomic E-state index is 11.9. The predicted molar refractivity (Wildman–Crippen MR) is 91.5 cm³/mol. The van der Waals surface area contributed by atoms with E-state index in [4.69, 9.17) is 5.73 Å². The van der Waals surface area contributed by atoms with E-state index < -0.39 is 18.1 Å². The van der Waals surface area contributed by atoms with Gasteiger partial charge in [-0.3, -0.25) is 10.2 Å². The number of hydrogen-bond acceptors (Lipinski definition) is 4. The summed E-state index contributed by atoms with van der Waals surface area (Å²) in [6, 6.07) is 9.54. The Morgan fingerprint density at radius 2 is 1.91 bits per heavy atom. The molecule has 0 aliphatic heterocycles. The lowest BCUT2D eigenvalue weighted by Crippen LogP contribution is -2.51. The number of aliphatic hydroxyl groups excluding tert-OH is 1. The summed E-state index contributed by atoms with van der Waals surface area (Å²) < 4.78 is 0. The molecule has 1 saturated carbocycles. The second-order valence-corrected chi connectivity index (χ2v) is 6.50. The molecule has 1 fully saturated rings. The smallest absolute Gasteiger partial charge is 0.264 e. The highest BCUT2D eigenvalue weighted by molar-refractivity contribution is 5.80. The molecule has 5 nitrogen and oxygen atoms in total. The molecule has 1 unspecified atom stereocenters. The molecular weight excluding hydrogens is 290 g/mol. The summed E-state index contributed by atoms with van der Waals surface area (Å²) >= 11 is 0. The van der Waals surface area contributed by atoms with Gasteiger partial charge in [0.15, 0.2) is 0 Å². The predicted octanol–water partition coefficient (Wildman–Crippen LogP) is 1.51. The molecule has 1 aromatic rings. The molecule has 5 heteroatoms. The Morgan fingerprint density at radius 1 is 1.22 bits per heavy atom. The van der Waals surface area contributed by atoms with Crippen molar-refractivity contribution in [3.63, 3.8) is 0 Å². The molecule has 2 atom stereocenters. The van der Waals surface area contributed by atoms with Gasteiger partial charge >= 0.3 is 0 Å². The first kappa shape index (κ1) is 17.9. The van der Waals surface area contributed by atoms with Crippen LogP contribution in [0.5, 0.6) is 0 Å². The number of hydrazine groups is 1. The van der Waals surface area contributed by atoms with Crippen LogP contribution in [0.1, 0.15) is 44.1 Å². The van der Waals surface area contributed by atoms with Crippen LogP contribution in [-0.4, -0.2) is 29.7 Å². The lowest BCUT2D eigenvalue weighted by Gasteiger charge is -2.26. The molecule has 23 heavy (non-hydrogen) atoms. The molecular formula is C18H29N3O2. The van der Waals surface area contributed by atoms with Crippen molar-refractivity contribution in [1.29, 1.82) is 0 Å². The van der Waals surface area contributed by atoms with Crippen molar-refractivity contribution in [1.82, 2.24) is 10.9 Å². The van der Waals surface area contributed by atoms with E-state index in [0.717, 1.165) is 25.7 Å². The number of hydrogen-bond donors (Lipinski definition) is 4. The monoisotopic (exact) mass is 319 g/mol. The second kappa shape index (κ2) is 9.65.